The van der Waals surface area contributed by atoms with Crippen molar-refractivity contribution < 1.29 is 74.6 Å². The minimum absolute atomic E-state index is 0.752. The first-order valence-electron chi connectivity index (χ1n) is 7.25. The molecule has 0 aromatic heterocycles. The van der Waals surface area contributed by atoms with Gasteiger partial charge in [-0.15, -0.1) is 0 Å². The number of hydrogen-bond acceptors (Lipinski definition) is 2. The number of alkyl halides is 17. The second-order valence-electron chi connectivity index (χ2n) is 6.65. The molecule has 0 heterocycles. The van der Waals surface area contributed by atoms with Crippen LogP contribution in [0.5, 0.6) is 0 Å². The molecule has 0 saturated carbocycles. The fourth-order valence-corrected chi connectivity index (χ4v) is 2.63. The Balaban J connectivity index is 6.56. The average molecular weight is 522 g/mol. The van der Waals surface area contributed by atoms with Crippen LogP contribution >= 0.6 is 0 Å². The maximum absolute atomic E-state index is 13.5. The molecule has 0 amide bonds. The monoisotopic (exact) mass is 522 g/mol. The Labute approximate surface area is 161 Å². The molecule has 20 heteroatoms. The lowest BCUT2D eigenvalue weighted by Gasteiger charge is -2.43. The van der Waals surface area contributed by atoms with Gasteiger partial charge in [-0.3, -0.25) is 0 Å². The summed E-state index contributed by atoms with van der Waals surface area (Å²) >= 11 is 0. The molecule has 0 rings (SSSR count). The van der Waals surface area contributed by atoms with Crippen LogP contribution in [0.2, 0.25) is 12.6 Å². The van der Waals surface area contributed by atoms with Crippen LogP contribution in [0.4, 0.5) is 74.6 Å². The summed E-state index contributed by atoms with van der Waals surface area (Å²) in [4.78, 5) is 0. The number of nitrogens with two attached hydrogens (primary N) is 2. The first-order chi connectivity index (χ1) is 13.0. The Kier molecular flexibility index (Phi) is 7.23. The van der Waals surface area contributed by atoms with E-state index in [0.29, 0.717) is 0 Å². The van der Waals surface area contributed by atoms with E-state index in [0.717, 1.165) is 6.55 Å². The molecule has 0 atom stereocenters. The second kappa shape index (κ2) is 7.49. The van der Waals surface area contributed by atoms with Gasteiger partial charge in [-0.05, 0) is 12.6 Å². The first-order valence-corrected chi connectivity index (χ1v) is 10.1. The van der Waals surface area contributed by atoms with Gasteiger partial charge >= 0.3 is 47.6 Å². The van der Waals surface area contributed by atoms with E-state index >= 15 is 0 Å². The summed E-state index contributed by atoms with van der Waals surface area (Å²) in [5.74, 6) is -56.2. The van der Waals surface area contributed by atoms with E-state index in [9.17, 15) is 74.6 Å². The highest BCUT2D eigenvalue weighted by atomic mass is 28.3. The predicted octanol–water partition coefficient (Wildman–Crippen LogP) is 5.38. The van der Waals surface area contributed by atoms with Crippen LogP contribution in [-0.4, -0.2) is 56.0 Å². The molecule has 0 aromatic carbocycles. The van der Waals surface area contributed by atoms with Gasteiger partial charge in [0, 0.05) is 6.42 Å². The first kappa shape index (κ1) is 29.9. The van der Waals surface area contributed by atoms with E-state index < -0.39 is 68.5 Å². The van der Waals surface area contributed by atoms with Gasteiger partial charge < -0.3 is 10.8 Å². The molecule has 0 unspecified atom stereocenters. The smallest absolute Gasteiger partial charge is 0.339 e. The van der Waals surface area contributed by atoms with E-state index in [4.69, 9.17) is 10.8 Å². The second-order valence-corrected chi connectivity index (χ2v) is 10.2. The summed E-state index contributed by atoms with van der Waals surface area (Å²) in [6.45, 7) is 0.752. The molecule has 0 aliphatic heterocycles. The van der Waals surface area contributed by atoms with Crippen molar-refractivity contribution in [3.63, 3.8) is 0 Å². The molecule has 0 radical (unpaired) electrons. The Morgan fingerprint density at radius 3 is 1.00 bits per heavy atom. The maximum atomic E-state index is 13.5. The minimum atomic E-state index is -8.62. The van der Waals surface area contributed by atoms with Crippen LogP contribution in [-0.2, 0) is 0 Å². The van der Waals surface area contributed by atoms with Crippen molar-refractivity contribution in [1.82, 2.24) is 0 Å². The van der Waals surface area contributed by atoms with E-state index in [2.05, 4.69) is 0 Å². The quantitative estimate of drug-likeness (QED) is 0.316. The van der Waals surface area contributed by atoms with Crippen LogP contribution in [0.1, 0.15) is 6.42 Å². The average Bonchev–Trinajstić information content (AvgIpc) is 2.50. The summed E-state index contributed by atoms with van der Waals surface area (Å²) in [5.41, 5.74) is 0. The third-order valence-electron chi connectivity index (χ3n) is 3.76. The fraction of sp³-hybridized carbons (Fsp3) is 1.00. The molecule has 0 aromatic rings. The van der Waals surface area contributed by atoms with Crippen molar-refractivity contribution in [1.29, 1.82) is 0 Å². The molecule has 2 nitrogen and oxygen atoms in total. The highest BCUT2D eigenvalue weighted by Gasteiger charge is 2.95. The van der Waals surface area contributed by atoms with Gasteiger partial charge in [-0.25, -0.2) is 0 Å². The molecule has 0 aliphatic carbocycles. The highest BCUT2D eigenvalue weighted by molar-refractivity contribution is 6.72. The molecule has 0 fully saturated rings. The lowest BCUT2D eigenvalue weighted by molar-refractivity contribution is -0.461. The predicted molar refractivity (Wildman–Crippen MR) is 70.1 cm³/mol. The Morgan fingerprint density at radius 2 is 0.742 bits per heavy atom. The standard InChI is InChI=1S/C11H11F17N2Si/c1-31(29,30)3-2-4(12,13)5(14,15)6(16,17)7(18,19)8(20,21)9(22,23)10(24,25)11(26,27)28/h2-3,29-30H2,1H3. The van der Waals surface area contributed by atoms with Gasteiger partial charge in [0.2, 0.25) is 0 Å². The van der Waals surface area contributed by atoms with Gasteiger partial charge in [-0.1, -0.05) is 0 Å². The third kappa shape index (κ3) is 4.42. The maximum Gasteiger partial charge on any atom is 0.460 e. The van der Waals surface area contributed by atoms with Gasteiger partial charge in [0.05, 0.1) is 0 Å². The lowest BCUT2D eigenvalue weighted by Crippen LogP contribution is -2.74. The number of rotatable bonds is 9. The van der Waals surface area contributed by atoms with Crippen LogP contribution in [0.3, 0.4) is 0 Å². The van der Waals surface area contributed by atoms with E-state index in [-0.39, 0.29) is 0 Å². The third-order valence-corrected chi connectivity index (χ3v) is 5.09. The molecule has 4 N–H and O–H groups in total. The van der Waals surface area contributed by atoms with Crippen molar-refractivity contribution in [2.24, 2.45) is 10.8 Å². The van der Waals surface area contributed by atoms with Crippen LogP contribution < -0.4 is 10.8 Å². The Hall–Kier alpha value is -1.05. The summed E-state index contributed by atoms with van der Waals surface area (Å²) in [5, 5.41) is 9.98. The van der Waals surface area contributed by atoms with Crippen molar-refractivity contribution in [3.05, 3.63) is 0 Å². The molecule has 0 saturated heterocycles. The van der Waals surface area contributed by atoms with Gasteiger partial charge in [0.25, 0.3) is 0 Å². The summed E-state index contributed by atoms with van der Waals surface area (Å²) in [6.07, 6.45) is -10.4. The molecular formula is C11H11F17N2Si. The largest absolute Gasteiger partial charge is 0.460 e. The summed E-state index contributed by atoms with van der Waals surface area (Å²) in [7, 11) is -3.80. The van der Waals surface area contributed by atoms with E-state index in [1.165, 1.54) is 0 Å². The number of halogens is 17. The zero-order chi connectivity index (χ0) is 25.9. The van der Waals surface area contributed by atoms with Crippen LogP contribution in [0, 0.1) is 0 Å². The lowest BCUT2D eigenvalue weighted by atomic mass is 9.88. The van der Waals surface area contributed by atoms with E-state index in [1.807, 2.05) is 0 Å². The zero-order valence-corrected chi connectivity index (χ0v) is 15.5. The molecule has 0 bridgehead atoms. The number of hydrogen-bond donors (Lipinski definition) is 2. The highest BCUT2D eigenvalue weighted by Crippen LogP contribution is 2.64. The van der Waals surface area contributed by atoms with Crippen LogP contribution in [0.25, 0.3) is 0 Å². The Bertz CT molecular complexity index is 647. The van der Waals surface area contributed by atoms with Gasteiger partial charge in [0.1, 0.15) is 0 Å². The zero-order valence-electron chi connectivity index (χ0n) is 14.5. The van der Waals surface area contributed by atoms with Crippen molar-refractivity contribution in [2.45, 2.75) is 66.6 Å². The van der Waals surface area contributed by atoms with E-state index in [1.54, 1.807) is 0 Å². The van der Waals surface area contributed by atoms with Crippen molar-refractivity contribution >= 4 is 8.40 Å². The summed E-state index contributed by atoms with van der Waals surface area (Å²) in [6, 6.07) is -1.45. The van der Waals surface area contributed by atoms with Gasteiger partial charge in [-0.2, -0.15) is 74.6 Å². The molecule has 0 spiro atoms. The SMILES string of the molecule is C[Si](N)(N)CCC(F)(F)C(F)(F)C(F)(F)C(F)(F)C(F)(F)C(F)(F)C(F)(F)C(F)(F)F. The minimum Gasteiger partial charge on any atom is -0.339 e. The molecule has 31 heavy (non-hydrogen) atoms. The molecular weight excluding hydrogens is 511 g/mol. The fourth-order valence-electron chi connectivity index (χ4n) is 1.78. The van der Waals surface area contributed by atoms with Crippen molar-refractivity contribution in [3.8, 4) is 0 Å². The van der Waals surface area contributed by atoms with Crippen LogP contribution in [0.15, 0.2) is 0 Å². The normalized spacial score (nSPS) is 16.6. The molecule has 0 aliphatic rings. The Morgan fingerprint density at radius 1 is 0.484 bits per heavy atom. The molecule has 188 valence electrons. The topological polar surface area (TPSA) is 52.0 Å². The van der Waals surface area contributed by atoms with Gasteiger partial charge in [0.15, 0.2) is 8.40 Å². The summed E-state index contributed by atoms with van der Waals surface area (Å²) < 4.78 is 221. The van der Waals surface area contributed by atoms with Crippen molar-refractivity contribution in [2.75, 3.05) is 0 Å².